The molecule has 0 aliphatic carbocycles. The Bertz CT molecular complexity index is 1080. The van der Waals surface area contributed by atoms with E-state index in [1.807, 2.05) is 0 Å². The van der Waals surface area contributed by atoms with Crippen molar-refractivity contribution in [1.29, 1.82) is 0 Å². The fraction of sp³-hybridized carbons (Fsp3) is 0.125. The molecule has 9 heteroatoms. The molecule has 1 aromatic heterocycles. The molecule has 130 valence electrons. The van der Waals surface area contributed by atoms with Gasteiger partial charge in [0.15, 0.2) is 5.13 Å². The molecule has 2 N–H and O–H groups in total. The quantitative estimate of drug-likeness (QED) is 0.698. The molecule has 3 rings (SSSR count). The first-order valence-corrected chi connectivity index (χ1v) is 9.90. The molecule has 0 atom stereocenters. The van der Waals surface area contributed by atoms with Gasteiger partial charge < -0.3 is 5.32 Å². The lowest BCUT2D eigenvalue weighted by Gasteiger charge is -2.11. The molecule has 0 unspecified atom stereocenters. The van der Waals surface area contributed by atoms with Crippen LogP contribution in [0.15, 0.2) is 41.3 Å². The summed E-state index contributed by atoms with van der Waals surface area (Å²) >= 11 is 7.28. The summed E-state index contributed by atoms with van der Waals surface area (Å²) < 4.78 is 28.6. The number of nitrogens with zero attached hydrogens (tertiary/aromatic N) is 1. The molecule has 1 amide bonds. The van der Waals surface area contributed by atoms with Crippen LogP contribution >= 0.6 is 22.9 Å². The van der Waals surface area contributed by atoms with Gasteiger partial charge in [-0.2, -0.15) is 0 Å². The first-order valence-electron chi connectivity index (χ1n) is 7.22. The third-order valence-electron chi connectivity index (χ3n) is 3.43. The Morgan fingerprint density at radius 2 is 2.00 bits per heavy atom. The van der Waals surface area contributed by atoms with Gasteiger partial charge in [-0.05, 0) is 42.8 Å². The number of thiazole rings is 1. The van der Waals surface area contributed by atoms with E-state index in [-0.39, 0.29) is 10.8 Å². The fourth-order valence-corrected chi connectivity index (χ4v) is 4.78. The van der Waals surface area contributed by atoms with Crippen molar-refractivity contribution in [2.75, 3.05) is 10.0 Å². The van der Waals surface area contributed by atoms with Gasteiger partial charge in [-0.25, -0.2) is 13.4 Å². The van der Waals surface area contributed by atoms with Crippen molar-refractivity contribution in [3.05, 3.63) is 47.0 Å². The number of sulfonamides is 1. The smallest absolute Gasteiger partial charge is 0.262 e. The summed E-state index contributed by atoms with van der Waals surface area (Å²) in [7, 11) is -3.77. The number of hydrogen-bond donors (Lipinski definition) is 2. The number of benzene rings is 2. The van der Waals surface area contributed by atoms with E-state index in [2.05, 4.69) is 15.0 Å². The molecule has 0 fully saturated rings. The van der Waals surface area contributed by atoms with Gasteiger partial charge >= 0.3 is 0 Å². The lowest BCUT2D eigenvalue weighted by Crippen LogP contribution is -2.14. The predicted octanol–water partition coefficient (Wildman–Crippen LogP) is 4.02. The molecule has 0 aliphatic rings. The van der Waals surface area contributed by atoms with Crippen LogP contribution in [0.5, 0.6) is 0 Å². The predicted molar refractivity (Wildman–Crippen MR) is 101 cm³/mol. The minimum Gasteiger partial charge on any atom is -0.302 e. The number of hydrogen-bond acceptors (Lipinski definition) is 5. The molecule has 0 radical (unpaired) electrons. The van der Waals surface area contributed by atoms with Crippen molar-refractivity contribution in [2.24, 2.45) is 0 Å². The minimum absolute atomic E-state index is 0.128. The van der Waals surface area contributed by atoms with Gasteiger partial charge in [0, 0.05) is 11.9 Å². The SMILES string of the molecule is CC(=O)Nc1nc2ccc(NS(=O)(=O)c3cccc(Cl)c3C)cc2s1. The Balaban J connectivity index is 1.94. The van der Waals surface area contributed by atoms with Gasteiger partial charge in [0.05, 0.1) is 20.8 Å². The third-order valence-corrected chi connectivity index (χ3v) is 6.30. The maximum absolute atomic E-state index is 12.6. The summed E-state index contributed by atoms with van der Waals surface area (Å²) in [5.74, 6) is -0.212. The second-order valence-corrected chi connectivity index (χ2v) is 8.44. The van der Waals surface area contributed by atoms with E-state index < -0.39 is 10.0 Å². The Kier molecular flexibility index (Phi) is 4.68. The summed E-state index contributed by atoms with van der Waals surface area (Å²) in [5.41, 5.74) is 1.57. The van der Waals surface area contributed by atoms with Crippen LogP contribution in [-0.4, -0.2) is 19.3 Å². The van der Waals surface area contributed by atoms with E-state index >= 15 is 0 Å². The number of amides is 1. The first kappa shape index (κ1) is 17.7. The zero-order chi connectivity index (χ0) is 18.2. The molecule has 6 nitrogen and oxygen atoms in total. The topological polar surface area (TPSA) is 88.2 Å². The number of carbonyl (C=O) groups is 1. The maximum Gasteiger partial charge on any atom is 0.262 e. The normalized spacial score (nSPS) is 11.5. The van der Waals surface area contributed by atoms with Gasteiger partial charge in [0.1, 0.15) is 0 Å². The van der Waals surface area contributed by atoms with Crippen LogP contribution in [-0.2, 0) is 14.8 Å². The molecule has 0 saturated carbocycles. The van der Waals surface area contributed by atoms with E-state index in [0.29, 0.717) is 26.9 Å². The van der Waals surface area contributed by atoms with Crippen LogP contribution in [0.4, 0.5) is 10.8 Å². The van der Waals surface area contributed by atoms with Gasteiger partial charge in [0.2, 0.25) is 5.91 Å². The average molecular weight is 396 g/mol. The molecule has 25 heavy (non-hydrogen) atoms. The number of halogens is 1. The highest BCUT2D eigenvalue weighted by molar-refractivity contribution is 7.92. The maximum atomic E-state index is 12.6. The van der Waals surface area contributed by atoms with E-state index in [1.165, 1.54) is 24.3 Å². The van der Waals surface area contributed by atoms with Crippen molar-refractivity contribution < 1.29 is 13.2 Å². The van der Waals surface area contributed by atoms with Crippen LogP contribution in [0.25, 0.3) is 10.2 Å². The number of nitrogens with one attached hydrogen (secondary N) is 2. The number of fused-ring (bicyclic) bond motifs is 1. The highest BCUT2D eigenvalue weighted by atomic mass is 35.5. The van der Waals surface area contributed by atoms with E-state index in [9.17, 15) is 13.2 Å². The van der Waals surface area contributed by atoms with Crippen LogP contribution in [0.2, 0.25) is 5.02 Å². The van der Waals surface area contributed by atoms with Gasteiger partial charge in [-0.15, -0.1) is 0 Å². The van der Waals surface area contributed by atoms with Crippen molar-refractivity contribution in [1.82, 2.24) is 4.98 Å². The van der Waals surface area contributed by atoms with Gasteiger partial charge in [-0.1, -0.05) is 29.0 Å². The zero-order valence-electron chi connectivity index (χ0n) is 13.3. The van der Waals surface area contributed by atoms with Gasteiger partial charge in [0.25, 0.3) is 10.0 Å². The molecular weight excluding hydrogens is 382 g/mol. The van der Waals surface area contributed by atoms with Crippen LogP contribution in [0.3, 0.4) is 0 Å². The molecule has 3 aromatic rings. The number of anilines is 2. The Morgan fingerprint density at radius 3 is 2.72 bits per heavy atom. The van der Waals surface area contributed by atoms with E-state index in [1.54, 1.807) is 37.3 Å². The standard InChI is InChI=1S/C16H14ClN3O3S2/c1-9-12(17)4-3-5-15(9)25(22,23)20-11-6-7-13-14(8-11)24-16(19-13)18-10(2)21/h3-8,20H,1-2H3,(H,18,19,21). The Hall–Kier alpha value is -2.16. The molecular formula is C16H14ClN3O3S2. The fourth-order valence-electron chi connectivity index (χ4n) is 2.28. The molecule has 0 spiro atoms. The summed E-state index contributed by atoms with van der Waals surface area (Å²) in [6, 6.07) is 9.73. The summed E-state index contributed by atoms with van der Waals surface area (Å²) in [6.07, 6.45) is 0. The van der Waals surface area contributed by atoms with Crippen molar-refractivity contribution in [3.63, 3.8) is 0 Å². The Labute approximate surface area is 153 Å². The number of carbonyl (C=O) groups excluding carboxylic acids is 1. The molecule has 0 saturated heterocycles. The highest BCUT2D eigenvalue weighted by Gasteiger charge is 2.18. The number of aromatic nitrogens is 1. The van der Waals surface area contributed by atoms with Crippen LogP contribution < -0.4 is 10.0 Å². The van der Waals surface area contributed by atoms with Crippen LogP contribution in [0.1, 0.15) is 12.5 Å². The second-order valence-electron chi connectivity index (χ2n) is 5.35. The average Bonchev–Trinajstić information content (AvgIpc) is 2.90. The second kappa shape index (κ2) is 6.62. The van der Waals surface area contributed by atoms with Crippen molar-refractivity contribution in [3.8, 4) is 0 Å². The first-order chi connectivity index (χ1) is 11.8. The van der Waals surface area contributed by atoms with E-state index in [0.717, 1.165) is 4.70 Å². The molecule has 1 heterocycles. The Morgan fingerprint density at radius 1 is 1.24 bits per heavy atom. The lowest BCUT2D eigenvalue weighted by atomic mass is 10.2. The highest BCUT2D eigenvalue weighted by Crippen LogP contribution is 2.30. The molecule has 0 bridgehead atoms. The number of rotatable bonds is 4. The lowest BCUT2D eigenvalue weighted by molar-refractivity contribution is -0.114. The van der Waals surface area contributed by atoms with Crippen molar-refractivity contribution >= 4 is 59.9 Å². The monoisotopic (exact) mass is 395 g/mol. The molecule has 2 aromatic carbocycles. The zero-order valence-corrected chi connectivity index (χ0v) is 15.7. The third kappa shape index (κ3) is 3.76. The molecule has 0 aliphatic heterocycles. The largest absolute Gasteiger partial charge is 0.302 e. The van der Waals surface area contributed by atoms with E-state index in [4.69, 9.17) is 11.6 Å². The minimum atomic E-state index is -3.77. The van der Waals surface area contributed by atoms with Gasteiger partial charge in [-0.3, -0.25) is 9.52 Å². The van der Waals surface area contributed by atoms with Crippen molar-refractivity contribution in [2.45, 2.75) is 18.7 Å². The summed E-state index contributed by atoms with van der Waals surface area (Å²) in [4.78, 5) is 15.5. The summed E-state index contributed by atoms with van der Waals surface area (Å²) in [5, 5.41) is 3.47. The van der Waals surface area contributed by atoms with Crippen LogP contribution in [0, 0.1) is 6.92 Å². The summed E-state index contributed by atoms with van der Waals surface area (Å²) in [6.45, 7) is 3.06.